The molecule has 5 heteroatoms. The second kappa shape index (κ2) is 6.74. The van der Waals surface area contributed by atoms with Gasteiger partial charge in [-0.25, -0.2) is 0 Å². The van der Waals surface area contributed by atoms with Gasteiger partial charge < -0.3 is 10.4 Å². The summed E-state index contributed by atoms with van der Waals surface area (Å²) in [7, 11) is 0. The number of carbonyl (C=O) groups is 1. The van der Waals surface area contributed by atoms with Crippen molar-refractivity contribution in [2.75, 3.05) is 13.2 Å². The second-order valence-electron chi connectivity index (χ2n) is 3.31. The van der Waals surface area contributed by atoms with E-state index in [0.29, 0.717) is 23.0 Å². The van der Waals surface area contributed by atoms with Gasteiger partial charge >= 0.3 is 0 Å². The molecule has 88 valence electrons. The number of aliphatic hydroxyl groups excluding tert-OH is 1. The molecular formula is C11H13Cl2NO2. The Balaban J connectivity index is 2.40. The van der Waals surface area contributed by atoms with Crippen LogP contribution in [-0.4, -0.2) is 24.2 Å². The number of carbonyl (C=O) groups excluding carboxylic acids is 1. The van der Waals surface area contributed by atoms with Crippen molar-refractivity contribution in [1.82, 2.24) is 5.32 Å². The van der Waals surface area contributed by atoms with Crippen LogP contribution in [0.4, 0.5) is 0 Å². The van der Waals surface area contributed by atoms with E-state index >= 15 is 0 Å². The molecule has 1 rings (SSSR count). The van der Waals surface area contributed by atoms with Crippen molar-refractivity contribution in [2.45, 2.75) is 12.8 Å². The fourth-order valence-electron chi connectivity index (χ4n) is 1.25. The molecule has 0 aliphatic heterocycles. The Kier molecular flexibility index (Phi) is 5.60. The zero-order chi connectivity index (χ0) is 12.0. The summed E-state index contributed by atoms with van der Waals surface area (Å²) in [5.41, 5.74) is 0.940. The third-order valence-electron chi connectivity index (χ3n) is 2.07. The molecule has 0 radical (unpaired) electrons. The molecule has 0 spiro atoms. The minimum atomic E-state index is -0.160. The fraction of sp³-hybridized carbons (Fsp3) is 0.364. The minimum Gasteiger partial charge on any atom is -0.396 e. The lowest BCUT2D eigenvalue weighted by Gasteiger charge is -2.06. The summed E-state index contributed by atoms with van der Waals surface area (Å²) in [6, 6.07) is 5.27. The van der Waals surface area contributed by atoms with Gasteiger partial charge in [0.05, 0.1) is 6.61 Å². The number of nitrogens with one attached hydrogen (secondary N) is 1. The number of rotatable bonds is 5. The Bertz CT molecular complexity index is 369. The Morgan fingerprint density at radius 3 is 2.75 bits per heavy atom. The van der Waals surface area contributed by atoms with E-state index < -0.39 is 0 Å². The van der Waals surface area contributed by atoms with Gasteiger partial charge in [0.15, 0.2) is 0 Å². The Hall–Kier alpha value is -0.770. The normalized spacial score (nSPS) is 10.2. The number of halogens is 2. The molecule has 0 saturated heterocycles. The first-order valence-corrected chi connectivity index (χ1v) is 5.70. The van der Waals surface area contributed by atoms with E-state index in [0.717, 1.165) is 5.56 Å². The molecule has 0 saturated carbocycles. The van der Waals surface area contributed by atoms with Crippen LogP contribution in [0, 0.1) is 0 Å². The van der Waals surface area contributed by atoms with Crippen LogP contribution in [0.25, 0.3) is 0 Å². The molecule has 0 heterocycles. The highest BCUT2D eigenvalue weighted by atomic mass is 35.5. The highest BCUT2D eigenvalue weighted by Crippen LogP contribution is 2.20. The second-order valence-corrected chi connectivity index (χ2v) is 4.15. The number of amides is 1. The summed E-state index contributed by atoms with van der Waals surface area (Å²) in [6.45, 7) is 0.369. The number of hydrogen-bond donors (Lipinski definition) is 2. The van der Waals surface area contributed by atoms with Gasteiger partial charge in [-0.15, -0.1) is 0 Å². The maximum absolute atomic E-state index is 11.0. The Morgan fingerprint density at radius 2 is 2.12 bits per heavy atom. The maximum atomic E-state index is 11.0. The average Bonchev–Trinajstić information content (AvgIpc) is 2.22. The smallest absolute Gasteiger partial charge is 0.222 e. The molecule has 0 aromatic heterocycles. The fourth-order valence-corrected chi connectivity index (χ4v) is 1.75. The van der Waals surface area contributed by atoms with Gasteiger partial charge in [-0.3, -0.25) is 4.79 Å². The van der Waals surface area contributed by atoms with E-state index in [-0.39, 0.29) is 18.9 Å². The first kappa shape index (κ1) is 13.3. The predicted octanol–water partition coefficient (Wildman–Crippen LogP) is 2.03. The number of aliphatic hydroxyl groups is 1. The molecule has 1 aromatic carbocycles. The van der Waals surface area contributed by atoms with Crippen LogP contribution in [0.15, 0.2) is 18.2 Å². The first-order chi connectivity index (χ1) is 7.63. The SMILES string of the molecule is O=C(CCO)NCCc1ccc(Cl)cc1Cl. The standard InChI is InChI=1S/C11H13Cl2NO2/c12-9-2-1-8(10(13)7-9)3-5-14-11(16)4-6-15/h1-2,7,15H,3-6H2,(H,14,16). The van der Waals surface area contributed by atoms with Gasteiger partial charge in [0, 0.05) is 23.0 Å². The van der Waals surface area contributed by atoms with E-state index in [1.54, 1.807) is 12.1 Å². The van der Waals surface area contributed by atoms with Crippen LogP contribution in [0.3, 0.4) is 0 Å². The Labute approximate surface area is 104 Å². The van der Waals surface area contributed by atoms with Crippen LogP contribution in [0.1, 0.15) is 12.0 Å². The first-order valence-electron chi connectivity index (χ1n) is 4.95. The molecule has 16 heavy (non-hydrogen) atoms. The molecule has 0 fully saturated rings. The van der Waals surface area contributed by atoms with Crippen LogP contribution in [0.2, 0.25) is 10.0 Å². The zero-order valence-corrected chi connectivity index (χ0v) is 10.2. The van der Waals surface area contributed by atoms with Crippen molar-refractivity contribution in [3.05, 3.63) is 33.8 Å². The number of benzene rings is 1. The highest BCUT2D eigenvalue weighted by Gasteiger charge is 2.03. The lowest BCUT2D eigenvalue weighted by Crippen LogP contribution is -2.26. The zero-order valence-electron chi connectivity index (χ0n) is 8.67. The van der Waals surface area contributed by atoms with Gasteiger partial charge in [-0.05, 0) is 24.1 Å². The summed E-state index contributed by atoms with van der Waals surface area (Å²) in [4.78, 5) is 11.0. The van der Waals surface area contributed by atoms with Crippen LogP contribution < -0.4 is 5.32 Å². The largest absolute Gasteiger partial charge is 0.396 e. The summed E-state index contributed by atoms with van der Waals surface area (Å²) < 4.78 is 0. The molecule has 1 amide bonds. The van der Waals surface area contributed by atoms with Gasteiger partial charge in [0.1, 0.15) is 0 Å². The van der Waals surface area contributed by atoms with E-state index in [4.69, 9.17) is 28.3 Å². The third kappa shape index (κ3) is 4.39. The molecule has 2 N–H and O–H groups in total. The molecule has 3 nitrogen and oxygen atoms in total. The van der Waals surface area contributed by atoms with Crippen molar-refractivity contribution in [3.8, 4) is 0 Å². The Morgan fingerprint density at radius 1 is 1.38 bits per heavy atom. The molecule has 0 aliphatic carbocycles. The molecule has 0 bridgehead atoms. The van der Waals surface area contributed by atoms with Gasteiger partial charge in [0.2, 0.25) is 5.91 Å². The summed E-state index contributed by atoms with van der Waals surface area (Å²) in [5, 5.41) is 12.4. The van der Waals surface area contributed by atoms with E-state index in [2.05, 4.69) is 5.32 Å². The van der Waals surface area contributed by atoms with Crippen LogP contribution in [-0.2, 0) is 11.2 Å². The van der Waals surface area contributed by atoms with Crippen LogP contribution in [0.5, 0.6) is 0 Å². The third-order valence-corrected chi connectivity index (χ3v) is 2.66. The summed E-state index contributed by atoms with van der Waals surface area (Å²) in [6.07, 6.45) is 0.779. The minimum absolute atomic E-state index is 0.131. The molecule has 0 atom stereocenters. The molecular weight excluding hydrogens is 249 g/mol. The van der Waals surface area contributed by atoms with Gasteiger partial charge in [0.25, 0.3) is 0 Å². The molecule has 0 aliphatic rings. The van der Waals surface area contributed by atoms with Crippen LogP contribution >= 0.6 is 23.2 Å². The maximum Gasteiger partial charge on any atom is 0.222 e. The van der Waals surface area contributed by atoms with Gasteiger partial charge in [-0.1, -0.05) is 29.3 Å². The van der Waals surface area contributed by atoms with Crippen molar-refractivity contribution >= 4 is 29.1 Å². The number of hydrogen-bond acceptors (Lipinski definition) is 2. The van der Waals surface area contributed by atoms with E-state index in [1.807, 2.05) is 6.07 Å². The molecule has 1 aromatic rings. The lowest BCUT2D eigenvalue weighted by atomic mass is 10.1. The summed E-state index contributed by atoms with van der Waals surface area (Å²) >= 11 is 11.7. The van der Waals surface area contributed by atoms with E-state index in [9.17, 15) is 4.79 Å². The van der Waals surface area contributed by atoms with Crippen molar-refractivity contribution in [3.63, 3.8) is 0 Å². The highest BCUT2D eigenvalue weighted by molar-refractivity contribution is 6.35. The topological polar surface area (TPSA) is 49.3 Å². The van der Waals surface area contributed by atoms with E-state index in [1.165, 1.54) is 0 Å². The van der Waals surface area contributed by atoms with Gasteiger partial charge in [-0.2, -0.15) is 0 Å². The van der Waals surface area contributed by atoms with Crippen molar-refractivity contribution in [2.24, 2.45) is 0 Å². The summed E-state index contributed by atoms with van der Waals surface area (Å²) in [5.74, 6) is -0.160. The quantitative estimate of drug-likeness (QED) is 0.853. The molecule has 0 unspecified atom stereocenters. The predicted molar refractivity (Wildman–Crippen MR) is 64.9 cm³/mol. The monoisotopic (exact) mass is 261 g/mol. The average molecular weight is 262 g/mol. The van der Waals surface area contributed by atoms with Crippen molar-refractivity contribution in [1.29, 1.82) is 0 Å². The lowest BCUT2D eigenvalue weighted by molar-refractivity contribution is -0.121. The van der Waals surface area contributed by atoms with Crippen molar-refractivity contribution < 1.29 is 9.90 Å².